The van der Waals surface area contributed by atoms with Gasteiger partial charge in [-0.1, -0.05) is 11.6 Å². The number of nitro benzene ring substituents is 1. The summed E-state index contributed by atoms with van der Waals surface area (Å²) in [7, 11) is 0. The predicted octanol–water partition coefficient (Wildman–Crippen LogP) is 2.91. The lowest BCUT2D eigenvalue weighted by Gasteiger charge is -2.35. The van der Waals surface area contributed by atoms with E-state index in [9.17, 15) is 10.1 Å². The van der Waals surface area contributed by atoms with Crippen molar-refractivity contribution in [3.8, 4) is 0 Å². The number of nitrogens with one attached hydrogen (secondary N) is 1. The Morgan fingerprint density at radius 1 is 1.53 bits per heavy atom. The monoisotopic (exact) mass is 284 g/mol. The molecule has 0 heterocycles. The van der Waals surface area contributed by atoms with Crippen molar-refractivity contribution < 1.29 is 9.66 Å². The Balaban J connectivity index is 1.86. The molecule has 1 saturated carbocycles. The Hall–Kier alpha value is -1.17. The highest BCUT2D eigenvalue weighted by Gasteiger charge is 2.29. The van der Waals surface area contributed by atoms with Gasteiger partial charge < -0.3 is 10.1 Å². The molecule has 1 fully saturated rings. The van der Waals surface area contributed by atoms with E-state index in [1.807, 2.05) is 6.92 Å². The van der Waals surface area contributed by atoms with Gasteiger partial charge in [-0.25, -0.2) is 0 Å². The summed E-state index contributed by atoms with van der Waals surface area (Å²) in [6, 6.07) is 4.92. The van der Waals surface area contributed by atoms with Gasteiger partial charge in [0.05, 0.1) is 11.0 Å². The molecular weight excluding hydrogens is 268 g/mol. The molecule has 0 atom stereocenters. The van der Waals surface area contributed by atoms with Crippen LogP contribution in [0.15, 0.2) is 18.2 Å². The normalized spacial score (nSPS) is 22.0. The van der Waals surface area contributed by atoms with E-state index in [4.69, 9.17) is 16.3 Å². The van der Waals surface area contributed by atoms with Crippen LogP contribution in [0.25, 0.3) is 0 Å². The van der Waals surface area contributed by atoms with Crippen molar-refractivity contribution in [2.24, 2.45) is 0 Å². The van der Waals surface area contributed by atoms with Gasteiger partial charge in [0.25, 0.3) is 5.69 Å². The first-order valence-corrected chi connectivity index (χ1v) is 6.75. The largest absolute Gasteiger partial charge is 0.378 e. The van der Waals surface area contributed by atoms with Crippen molar-refractivity contribution >= 4 is 17.3 Å². The molecule has 0 aromatic heterocycles. The zero-order valence-corrected chi connectivity index (χ0v) is 11.5. The number of hydrogen-bond acceptors (Lipinski definition) is 4. The number of non-ortho nitro benzene ring substituents is 1. The lowest BCUT2D eigenvalue weighted by atomic mass is 9.89. The van der Waals surface area contributed by atoms with Crippen LogP contribution in [0.1, 0.15) is 25.3 Å². The lowest BCUT2D eigenvalue weighted by Crippen LogP contribution is -2.45. The van der Waals surface area contributed by atoms with Crippen molar-refractivity contribution in [3.63, 3.8) is 0 Å². The molecule has 0 amide bonds. The second-order valence-electron chi connectivity index (χ2n) is 4.66. The summed E-state index contributed by atoms with van der Waals surface area (Å²) in [5.74, 6) is 0. The Morgan fingerprint density at radius 2 is 2.26 bits per heavy atom. The van der Waals surface area contributed by atoms with Gasteiger partial charge >= 0.3 is 0 Å². The van der Waals surface area contributed by atoms with Gasteiger partial charge in [-0.3, -0.25) is 10.1 Å². The topological polar surface area (TPSA) is 64.4 Å². The third-order valence-electron chi connectivity index (χ3n) is 3.32. The number of hydrogen-bond donors (Lipinski definition) is 1. The third kappa shape index (κ3) is 3.65. The summed E-state index contributed by atoms with van der Waals surface area (Å²) < 4.78 is 5.48. The van der Waals surface area contributed by atoms with Crippen LogP contribution in [-0.2, 0) is 11.3 Å². The Morgan fingerprint density at radius 3 is 2.89 bits per heavy atom. The fourth-order valence-electron chi connectivity index (χ4n) is 2.17. The second kappa shape index (κ2) is 6.32. The molecular formula is C13H17ClN2O3. The minimum atomic E-state index is -0.408. The maximum absolute atomic E-state index is 10.7. The van der Waals surface area contributed by atoms with E-state index in [1.54, 1.807) is 6.07 Å². The van der Waals surface area contributed by atoms with E-state index < -0.39 is 4.92 Å². The SMILES string of the molecule is CCOC1CC(NCc2cc([N+](=O)[O-])ccc2Cl)C1. The van der Waals surface area contributed by atoms with Crippen LogP contribution < -0.4 is 5.32 Å². The van der Waals surface area contributed by atoms with E-state index in [0.717, 1.165) is 25.0 Å². The van der Waals surface area contributed by atoms with Crippen molar-refractivity contribution in [1.82, 2.24) is 5.32 Å². The standard InChI is InChI=1S/C13H17ClN2O3/c1-2-19-12-6-10(7-12)15-8-9-5-11(16(17)18)3-4-13(9)14/h3-5,10,12,15H,2,6-8H2,1H3. The van der Waals surface area contributed by atoms with Crippen LogP contribution in [-0.4, -0.2) is 23.7 Å². The van der Waals surface area contributed by atoms with Gasteiger partial charge in [-0.2, -0.15) is 0 Å². The van der Waals surface area contributed by atoms with E-state index in [1.165, 1.54) is 12.1 Å². The van der Waals surface area contributed by atoms with Gasteiger partial charge in [0.2, 0.25) is 0 Å². The first-order chi connectivity index (χ1) is 9.10. The molecule has 6 heteroatoms. The van der Waals surface area contributed by atoms with Crippen molar-refractivity contribution in [1.29, 1.82) is 0 Å². The number of nitrogens with zero attached hydrogens (tertiary/aromatic N) is 1. The molecule has 1 aliphatic carbocycles. The maximum Gasteiger partial charge on any atom is 0.269 e. The molecule has 1 aliphatic rings. The molecule has 0 bridgehead atoms. The molecule has 5 nitrogen and oxygen atoms in total. The summed E-state index contributed by atoms with van der Waals surface area (Å²) in [4.78, 5) is 10.3. The zero-order chi connectivity index (χ0) is 13.8. The highest BCUT2D eigenvalue weighted by atomic mass is 35.5. The molecule has 1 aromatic carbocycles. The van der Waals surface area contributed by atoms with Gasteiger partial charge in [0.15, 0.2) is 0 Å². The molecule has 0 spiro atoms. The summed E-state index contributed by atoms with van der Waals surface area (Å²) in [6.45, 7) is 3.28. The molecule has 0 radical (unpaired) electrons. The third-order valence-corrected chi connectivity index (χ3v) is 3.69. The van der Waals surface area contributed by atoms with E-state index >= 15 is 0 Å². The first kappa shape index (κ1) is 14.2. The number of ether oxygens (including phenoxy) is 1. The van der Waals surface area contributed by atoms with Crippen LogP contribution in [0.4, 0.5) is 5.69 Å². The molecule has 0 aliphatic heterocycles. The Kier molecular flexibility index (Phi) is 4.74. The van der Waals surface area contributed by atoms with Crippen LogP contribution in [0.2, 0.25) is 5.02 Å². The van der Waals surface area contributed by atoms with Crippen LogP contribution in [0, 0.1) is 10.1 Å². The summed E-state index contributed by atoms with van der Waals surface area (Å²) in [5, 5.41) is 14.6. The molecule has 0 unspecified atom stereocenters. The van der Waals surface area contributed by atoms with Crippen LogP contribution in [0.5, 0.6) is 0 Å². The predicted molar refractivity (Wildman–Crippen MR) is 73.4 cm³/mol. The summed E-state index contributed by atoms with van der Waals surface area (Å²) in [6.07, 6.45) is 2.32. The number of rotatable bonds is 6. The first-order valence-electron chi connectivity index (χ1n) is 6.38. The average molecular weight is 285 g/mol. The Bertz CT molecular complexity index is 461. The van der Waals surface area contributed by atoms with Gasteiger partial charge in [0, 0.05) is 36.3 Å². The molecule has 1 N–H and O–H groups in total. The molecule has 19 heavy (non-hydrogen) atoms. The summed E-state index contributed by atoms with van der Waals surface area (Å²) >= 11 is 6.04. The fraction of sp³-hybridized carbons (Fsp3) is 0.538. The number of benzene rings is 1. The van der Waals surface area contributed by atoms with E-state index in [0.29, 0.717) is 23.7 Å². The highest BCUT2D eigenvalue weighted by molar-refractivity contribution is 6.31. The minimum Gasteiger partial charge on any atom is -0.378 e. The van der Waals surface area contributed by atoms with Gasteiger partial charge in [-0.05, 0) is 31.4 Å². The van der Waals surface area contributed by atoms with Crippen LogP contribution >= 0.6 is 11.6 Å². The van der Waals surface area contributed by atoms with E-state index in [-0.39, 0.29) is 5.69 Å². The van der Waals surface area contributed by atoms with Crippen molar-refractivity contribution in [2.45, 2.75) is 38.5 Å². The molecule has 0 saturated heterocycles. The highest BCUT2D eigenvalue weighted by Crippen LogP contribution is 2.25. The minimum absolute atomic E-state index is 0.0713. The van der Waals surface area contributed by atoms with Gasteiger partial charge in [-0.15, -0.1) is 0 Å². The second-order valence-corrected chi connectivity index (χ2v) is 5.07. The number of halogens is 1. The lowest BCUT2D eigenvalue weighted by molar-refractivity contribution is -0.384. The fourth-order valence-corrected chi connectivity index (χ4v) is 2.35. The smallest absolute Gasteiger partial charge is 0.269 e. The summed E-state index contributed by atoms with van der Waals surface area (Å²) in [5.41, 5.74) is 0.831. The molecule has 2 rings (SSSR count). The molecule has 1 aromatic rings. The molecule has 104 valence electrons. The van der Waals surface area contributed by atoms with Crippen LogP contribution in [0.3, 0.4) is 0 Å². The zero-order valence-electron chi connectivity index (χ0n) is 10.8. The Labute approximate surface area is 117 Å². The van der Waals surface area contributed by atoms with Crippen molar-refractivity contribution in [3.05, 3.63) is 38.9 Å². The van der Waals surface area contributed by atoms with Crippen molar-refractivity contribution in [2.75, 3.05) is 6.61 Å². The average Bonchev–Trinajstić information content (AvgIpc) is 2.33. The van der Waals surface area contributed by atoms with E-state index in [2.05, 4.69) is 5.32 Å². The maximum atomic E-state index is 10.7. The van der Waals surface area contributed by atoms with Gasteiger partial charge in [0.1, 0.15) is 0 Å². The quantitative estimate of drug-likeness (QED) is 0.644. The number of nitro groups is 1.